The third-order valence-electron chi connectivity index (χ3n) is 4.08. The van der Waals surface area contributed by atoms with E-state index in [0.29, 0.717) is 11.4 Å². The molecule has 0 spiro atoms. The van der Waals surface area contributed by atoms with Gasteiger partial charge in [-0.1, -0.05) is 35.9 Å². The fourth-order valence-corrected chi connectivity index (χ4v) is 2.71. The molecule has 0 saturated carbocycles. The van der Waals surface area contributed by atoms with Crippen LogP contribution >= 0.6 is 0 Å². The molecular weight excluding hydrogens is 360 g/mol. The Morgan fingerprint density at radius 3 is 2.57 bits per heavy atom. The molecule has 0 radical (unpaired) electrons. The largest absolute Gasteiger partial charge is 0.470 e. The molecule has 7 nitrogen and oxygen atoms in total. The van der Waals surface area contributed by atoms with E-state index in [0.717, 1.165) is 11.1 Å². The Kier molecular flexibility index (Phi) is 5.74. The number of carbonyl (C=O) groups excluding carboxylic acids is 3. The average Bonchev–Trinajstić information content (AvgIpc) is 3.03. The lowest BCUT2D eigenvalue weighted by molar-refractivity contribution is -0.144. The Morgan fingerprint density at radius 1 is 1.11 bits per heavy atom. The first-order valence-corrected chi connectivity index (χ1v) is 8.70. The second kappa shape index (κ2) is 8.39. The number of hydrogen-bond donors (Lipinski definition) is 2. The number of carbonyl (C=O) groups is 3. The van der Waals surface area contributed by atoms with Gasteiger partial charge < -0.3 is 20.1 Å². The molecule has 1 amide bonds. The van der Waals surface area contributed by atoms with Gasteiger partial charge in [-0.3, -0.25) is 9.59 Å². The van der Waals surface area contributed by atoms with Crippen LogP contribution in [0.25, 0.3) is 0 Å². The molecule has 2 aromatic carbocycles. The number of amides is 1. The predicted octanol–water partition coefficient (Wildman–Crippen LogP) is 2.71. The minimum absolute atomic E-state index is 0.0241. The van der Waals surface area contributed by atoms with Gasteiger partial charge in [-0.05, 0) is 37.6 Å². The van der Waals surface area contributed by atoms with E-state index in [1.54, 1.807) is 30.3 Å². The van der Waals surface area contributed by atoms with Gasteiger partial charge >= 0.3 is 5.97 Å². The van der Waals surface area contributed by atoms with Crippen LogP contribution in [0.5, 0.6) is 0 Å². The van der Waals surface area contributed by atoms with E-state index in [-0.39, 0.29) is 18.1 Å². The minimum atomic E-state index is -0.906. The van der Waals surface area contributed by atoms with E-state index in [2.05, 4.69) is 10.6 Å². The summed E-state index contributed by atoms with van der Waals surface area (Å²) in [6.45, 7) is 3.06. The standard InChI is InChI=1S/C21H20N2O5/c1-13-8-9-16(14(2)10-13)23-18(25)12-28-21(26)19-17(24)11-27-20(19)22-15-6-4-3-5-7-15/h3-10,22H,11-12H2,1-2H3,(H,23,25). The molecule has 28 heavy (non-hydrogen) atoms. The van der Waals surface area contributed by atoms with Crippen LogP contribution in [0.3, 0.4) is 0 Å². The highest BCUT2D eigenvalue weighted by Crippen LogP contribution is 2.21. The van der Waals surface area contributed by atoms with Crippen molar-refractivity contribution in [3.8, 4) is 0 Å². The number of anilines is 2. The second-order valence-electron chi connectivity index (χ2n) is 6.35. The zero-order valence-electron chi connectivity index (χ0n) is 15.6. The highest BCUT2D eigenvalue weighted by molar-refractivity contribution is 6.20. The molecule has 0 unspecified atom stereocenters. The number of benzene rings is 2. The fourth-order valence-electron chi connectivity index (χ4n) is 2.71. The van der Waals surface area contributed by atoms with E-state index in [1.165, 1.54) is 0 Å². The van der Waals surface area contributed by atoms with Gasteiger partial charge in [-0.2, -0.15) is 0 Å². The Hall–Kier alpha value is -3.61. The number of nitrogens with one attached hydrogen (secondary N) is 2. The van der Waals surface area contributed by atoms with E-state index in [4.69, 9.17) is 9.47 Å². The normalized spacial score (nSPS) is 13.1. The number of ketones is 1. The molecule has 3 rings (SSSR count). The summed E-state index contributed by atoms with van der Waals surface area (Å²) in [5.41, 5.74) is 3.04. The monoisotopic (exact) mass is 380 g/mol. The van der Waals surface area contributed by atoms with Crippen LogP contribution in [-0.4, -0.2) is 30.9 Å². The first-order valence-electron chi connectivity index (χ1n) is 8.70. The number of Topliss-reactive ketones (excluding diaryl/α,β-unsaturated/α-hetero) is 1. The summed E-state index contributed by atoms with van der Waals surface area (Å²) in [4.78, 5) is 36.4. The van der Waals surface area contributed by atoms with Crippen LogP contribution in [-0.2, 0) is 23.9 Å². The van der Waals surface area contributed by atoms with Crippen molar-refractivity contribution in [1.82, 2.24) is 0 Å². The number of rotatable bonds is 6. The highest BCUT2D eigenvalue weighted by atomic mass is 16.5. The molecular formula is C21H20N2O5. The first kappa shape index (κ1) is 19.2. The van der Waals surface area contributed by atoms with Crippen molar-refractivity contribution in [3.63, 3.8) is 0 Å². The molecule has 1 aliphatic rings. The molecule has 0 aromatic heterocycles. The molecule has 1 heterocycles. The minimum Gasteiger partial charge on any atom is -0.470 e. The maximum Gasteiger partial charge on any atom is 0.347 e. The molecule has 144 valence electrons. The number of esters is 1. The van der Waals surface area contributed by atoms with Crippen molar-refractivity contribution < 1.29 is 23.9 Å². The van der Waals surface area contributed by atoms with E-state index in [9.17, 15) is 14.4 Å². The zero-order chi connectivity index (χ0) is 20.1. The van der Waals surface area contributed by atoms with Crippen molar-refractivity contribution >= 4 is 29.0 Å². The molecule has 2 aromatic rings. The van der Waals surface area contributed by atoms with Crippen molar-refractivity contribution in [3.05, 3.63) is 71.1 Å². The van der Waals surface area contributed by atoms with Crippen molar-refractivity contribution in [1.29, 1.82) is 0 Å². The fraction of sp³-hybridized carbons (Fsp3) is 0.190. The molecule has 0 bridgehead atoms. The van der Waals surface area contributed by atoms with E-state index in [1.807, 2.05) is 32.0 Å². The molecule has 0 fully saturated rings. The zero-order valence-corrected chi connectivity index (χ0v) is 15.6. The summed E-state index contributed by atoms with van der Waals surface area (Å²) in [6.07, 6.45) is 0. The average molecular weight is 380 g/mol. The van der Waals surface area contributed by atoms with Crippen LogP contribution in [0.2, 0.25) is 0 Å². The Labute approximate surface area is 162 Å². The quantitative estimate of drug-likeness (QED) is 0.591. The van der Waals surface area contributed by atoms with Crippen LogP contribution in [0.15, 0.2) is 60.0 Å². The summed E-state index contributed by atoms with van der Waals surface area (Å²) in [7, 11) is 0. The maximum atomic E-state index is 12.3. The van der Waals surface area contributed by atoms with Crippen LogP contribution in [0.1, 0.15) is 11.1 Å². The number of para-hydroxylation sites is 1. The van der Waals surface area contributed by atoms with Gasteiger partial charge in [0.25, 0.3) is 5.91 Å². The van der Waals surface area contributed by atoms with Crippen LogP contribution in [0.4, 0.5) is 11.4 Å². The van der Waals surface area contributed by atoms with Crippen molar-refractivity contribution in [2.75, 3.05) is 23.8 Å². The Morgan fingerprint density at radius 2 is 1.86 bits per heavy atom. The van der Waals surface area contributed by atoms with Gasteiger partial charge in [0, 0.05) is 11.4 Å². The third kappa shape index (κ3) is 4.56. The van der Waals surface area contributed by atoms with Crippen molar-refractivity contribution in [2.45, 2.75) is 13.8 Å². The summed E-state index contributed by atoms with van der Waals surface area (Å²) in [5, 5.41) is 5.56. The molecule has 0 saturated heterocycles. The number of ether oxygens (including phenoxy) is 2. The van der Waals surface area contributed by atoms with Gasteiger partial charge in [0.15, 0.2) is 18.8 Å². The second-order valence-corrected chi connectivity index (χ2v) is 6.35. The molecule has 0 atom stereocenters. The lowest BCUT2D eigenvalue weighted by Crippen LogP contribution is -2.24. The lowest BCUT2D eigenvalue weighted by Gasteiger charge is -2.10. The third-order valence-corrected chi connectivity index (χ3v) is 4.08. The van der Waals surface area contributed by atoms with Gasteiger partial charge in [-0.15, -0.1) is 0 Å². The van der Waals surface area contributed by atoms with Gasteiger partial charge in [0.1, 0.15) is 0 Å². The Bertz CT molecular complexity index is 951. The maximum absolute atomic E-state index is 12.3. The molecule has 7 heteroatoms. The molecule has 1 aliphatic heterocycles. The topological polar surface area (TPSA) is 93.7 Å². The van der Waals surface area contributed by atoms with Crippen LogP contribution in [0, 0.1) is 13.8 Å². The van der Waals surface area contributed by atoms with Crippen LogP contribution < -0.4 is 10.6 Å². The van der Waals surface area contributed by atoms with Gasteiger partial charge in [0.05, 0.1) is 0 Å². The summed E-state index contributed by atoms with van der Waals surface area (Å²) in [6, 6.07) is 14.5. The lowest BCUT2D eigenvalue weighted by atomic mass is 10.1. The Balaban J connectivity index is 1.63. The van der Waals surface area contributed by atoms with E-state index >= 15 is 0 Å². The highest BCUT2D eigenvalue weighted by Gasteiger charge is 2.32. The van der Waals surface area contributed by atoms with Crippen molar-refractivity contribution in [2.24, 2.45) is 0 Å². The SMILES string of the molecule is Cc1ccc(NC(=O)COC(=O)C2=C(Nc3ccccc3)OCC2=O)c(C)c1. The van der Waals surface area contributed by atoms with Gasteiger partial charge in [0.2, 0.25) is 11.7 Å². The van der Waals surface area contributed by atoms with E-state index < -0.39 is 24.3 Å². The molecule has 0 aliphatic carbocycles. The summed E-state index contributed by atoms with van der Waals surface area (Å²) in [5.74, 6) is -1.88. The summed E-state index contributed by atoms with van der Waals surface area (Å²) < 4.78 is 10.3. The van der Waals surface area contributed by atoms with Gasteiger partial charge in [-0.25, -0.2) is 4.79 Å². The number of hydrogen-bond acceptors (Lipinski definition) is 6. The summed E-state index contributed by atoms with van der Waals surface area (Å²) >= 11 is 0. The predicted molar refractivity (Wildman–Crippen MR) is 104 cm³/mol. The first-order chi connectivity index (χ1) is 13.4. The number of aryl methyl sites for hydroxylation is 2. The molecule has 2 N–H and O–H groups in total. The smallest absolute Gasteiger partial charge is 0.347 e.